The van der Waals surface area contributed by atoms with Gasteiger partial charge < -0.3 is 14.5 Å². The van der Waals surface area contributed by atoms with Crippen LogP contribution in [0, 0.1) is 10.1 Å². The Balaban J connectivity index is 1.72. The van der Waals surface area contributed by atoms with Crippen LogP contribution in [0.25, 0.3) is 0 Å². The van der Waals surface area contributed by atoms with Gasteiger partial charge in [0.1, 0.15) is 18.1 Å². The summed E-state index contributed by atoms with van der Waals surface area (Å²) in [5.41, 5.74) is 0.0573. The van der Waals surface area contributed by atoms with Crippen LogP contribution in [0.2, 0.25) is 0 Å². The predicted octanol–water partition coefficient (Wildman–Crippen LogP) is 2.92. The van der Waals surface area contributed by atoms with E-state index in [0.717, 1.165) is 5.76 Å². The fourth-order valence-electron chi connectivity index (χ4n) is 1.75. The first kappa shape index (κ1) is 14.1. The number of furan rings is 1. The van der Waals surface area contributed by atoms with Crippen LogP contribution in [0.1, 0.15) is 18.7 Å². The molecule has 0 aliphatic rings. The molecule has 0 unspecified atom stereocenters. The number of nitrogens with zero attached hydrogens (tertiary/aromatic N) is 1. The zero-order valence-corrected chi connectivity index (χ0v) is 11.1. The number of rotatable bonds is 7. The third-order valence-corrected chi connectivity index (χ3v) is 2.84. The first-order valence-corrected chi connectivity index (χ1v) is 6.31. The van der Waals surface area contributed by atoms with E-state index in [1.54, 1.807) is 18.4 Å². The highest BCUT2D eigenvalue weighted by Gasteiger charge is 2.07. The van der Waals surface area contributed by atoms with Crippen molar-refractivity contribution in [3.63, 3.8) is 0 Å². The minimum absolute atomic E-state index is 0.0573. The Kier molecular flexibility index (Phi) is 4.73. The molecule has 0 spiro atoms. The molecule has 1 aromatic carbocycles. The number of benzene rings is 1. The standard InChI is InChI=1S/C14H16N2O4/c1-11(14-3-2-9-20-14)15-8-10-19-13-6-4-12(5-7-13)16(17)18/h2-7,9,11,15H,8,10H2,1H3/t11-/m0/s1. The van der Waals surface area contributed by atoms with Gasteiger partial charge in [-0.1, -0.05) is 0 Å². The number of nitro benzene ring substituents is 1. The summed E-state index contributed by atoms with van der Waals surface area (Å²) >= 11 is 0. The number of non-ortho nitro benzene ring substituents is 1. The smallest absolute Gasteiger partial charge is 0.269 e. The molecule has 0 bridgehead atoms. The van der Waals surface area contributed by atoms with Crippen LogP contribution in [0.4, 0.5) is 5.69 Å². The van der Waals surface area contributed by atoms with E-state index in [1.165, 1.54) is 12.1 Å². The molecule has 0 saturated carbocycles. The number of nitro groups is 1. The van der Waals surface area contributed by atoms with Crippen molar-refractivity contribution in [1.29, 1.82) is 0 Å². The summed E-state index contributed by atoms with van der Waals surface area (Å²) < 4.78 is 10.8. The number of hydrogen-bond donors (Lipinski definition) is 1. The van der Waals surface area contributed by atoms with E-state index >= 15 is 0 Å². The highest BCUT2D eigenvalue weighted by atomic mass is 16.6. The Labute approximate surface area is 116 Å². The van der Waals surface area contributed by atoms with Crippen LogP contribution in [0.3, 0.4) is 0 Å². The third kappa shape index (κ3) is 3.83. The topological polar surface area (TPSA) is 77.5 Å². The van der Waals surface area contributed by atoms with Crippen molar-refractivity contribution >= 4 is 5.69 Å². The fourth-order valence-corrected chi connectivity index (χ4v) is 1.75. The van der Waals surface area contributed by atoms with Crippen molar-refractivity contribution in [2.24, 2.45) is 0 Å². The van der Waals surface area contributed by atoms with Gasteiger partial charge in [-0.05, 0) is 31.2 Å². The quantitative estimate of drug-likeness (QED) is 0.478. The Bertz CT molecular complexity index is 537. The lowest BCUT2D eigenvalue weighted by atomic mass is 10.2. The van der Waals surface area contributed by atoms with E-state index in [2.05, 4.69) is 5.32 Å². The largest absolute Gasteiger partial charge is 0.492 e. The summed E-state index contributed by atoms with van der Waals surface area (Å²) in [4.78, 5) is 10.1. The zero-order chi connectivity index (χ0) is 14.4. The van der Waals surface area contributed by atoms with Crippen LogP contribution in [0.5, 0.6) is 5.75 Å². The molecule has 2 rings (SSSR count). The van der Waals surface area contributed by atoms with Gasteiger partial charge in [-0.25, -0.2) is 0 Å². The van der Waals surface area contributed by atoms with E-state index in [1.807, 2.05) is 19.1 Å². The first-order valence-electron chi connectivity index (χ1n) is 6.31. The van der Waals surface area contributed by atoms with Gasteiger partial charge in [0, 0.05) is 18.7 Å². The summed E-state index contributed by atoms with van der Waals surface area (Å²) in [6, 6.07) is 9.91. The van der Waals surface area contributed by atoms with Gasteiger partial charge >= 0.3 is 0 Å². The molecule has 20 heavy (non-hydrogen) atoms. The van der Waals surface area contributed by atoms with Crippen molar-refractivity contribution in [3.05, 3.63) is 58.5 Å². The van der Waals surface area contributed by atoms with Gasteiger partial charge in [0.2, 0.25) is 0 Å². The van der Waals surface area contributed by atoms with Gasteiger partial charge in [-0.3, -0.25) is 10.1 Å². The molecule has 0 aliphatic carbocycles. The second-order valence-electron chi connectivity index (χ2n) is 4.29. The predicted molar refractivity (Wildman–Crippen MR) is 73.7 cm³/mol. The average molecular weight is 276 g/mol. The fraction of sp³-hybridized carbons (Fsp3) is 0.286. The summed E-state index contributed by atoms with van der Waals surface area (Å²) in [5, 5.41) is 13.8. The molecule has 6 heteroatoms. The molecule has 1 atom stereocenters. The molecule has 0 fully saturated rings. The maximum Gasteiger partial charge on any atom is 0.269 e. The summed E-state index contributed by atoms with van der Waals surface area (Å²) in [6.45, 7) is 3.13. The number of nitrogens with one attached hydrogen (secondary N) is 1. The Morgan fingerprint density at radius 3 is 2.70 bits per heavy atom. The molecular formula is C14H16N2O4. The molecule has 1 aromatic heterocycles. The monoisotopic (exact) mass is 276 g/mol. The Hall–Kier alpha value is -2.34. The SMILES string of the molecule is C[C@H](NCCOc1ccc([N+](=O)[O-])cc1)c1ccco1. The van der Waals surface area contributed by atoms with Crippen LogP contribution in [-0.2, 0) is 0 Å². The highest BCUT2D eigenvalue weighted by Crippen LogP contribution is 2.17. The van der Waals surface area contributed by atoms with Crippen molar-refractivity contribution in [3.8, 4) is 5.75 Å². The number of hydrogen-bond acceptors (Lipinski definition) is 5. The molecule has 106 valence electrons. The lowest BCUT2D eigenvalue weighted by Crippen LogP contribution is -2.24. The maximum atomic E-state index is 10.5. The molecule has 0 amide bonds. The van der Waals surface area contributed by atoms with Crippen molar-refractivity contribution in [2.45, 2.75) is 13.0 Å². The van der Waals surface area contributed by atoms with E-state index in [9.17, 15) is 10.1 Å². The molecule has 0 aliphatic heterocycles. The summed E-state index contributed by atoms with van der Waals surface area (Å²) in [6.07, 6.45) is 1.64. The second-order valence-corrected chi connectivity index (χ2v) is 4.29. The van der Waals surface area contributed by atoms with Crippen molar-refractivity contribution in [1.82, 2.24) is 5.32 Å². The van der Waals surface area contributed by atoms with Crippen molar-refractivity contribution in [2.75, 3.05) is 13.2 Å². The van der Waals surface area contributed by atoms with Crippen LogP contribution in [-0.4, -0.2) is 18.1 Å². The molecule has 1 heterocycles. The van der Waals surface area contributed by atoms with Crippen LogP contribution < -0.4 is 10.1 Å². The van der Waals surface area contributed by atoms with Gasteiger partial charge in [-0.15, -0.1) is 0 Å². The normalized spacial score (nSPS) is 12.1. The summed E-state index contributed by atoms with van der Waals surface area (Å²) in [7, 11) is 0. The first-order chi connectivity index (χ1) is 9.66. The van der Waals surface area contributed by atoms with Gasteiger partial charge in [0.15, 0.2) is 0 Å². The summed E-state index contributed by atoms with van der Waals surface area (Å²) in [5.74, 6) is 1.49. The minimum atomic E-state index is -0.434. The third-order valence-electron chi connectivity index (χ3n) is 2.84. The van der Waals surface area contributed by atoms with E-state index in [0.29, 0.717) is 18.9 Å². The van der Waals surface area contributed by atoms with Gasteiger partial charge in [0.25, 0.3) is 5.69 Å². The molecule has 0 radical (unpaired) electrons. The molecule has 1 N–H and O–H groups in total. The lowest BCUT2D eigenvalue weighted by molar-refractivity contribution is -0.384. The minimum Gasteiger partial charge on any atom is -0.492 e. The lowest BCUT2D eigenvalue weighted by Gasteiger charge is -2.11. The van der Waals surface area contributed by atoms with Gasteiger partial charge in [-0.2, -0.15) is 0 Å². The van der Waals surface area contributed by atoms with E-state index in [4.69, 9.17) is 9.15 Å². The number of ether oxygens (including phenoxy) is 1. The van der Waals surface area contributed by atoms with E-state index < -0.39 is 4.92 Å². The van der Waals surface area contributed by atoms with Crippen LogP contribution >= 0.6 is 0 Å². The van der Waals surface area contributed by atoms with Crippen LogP contribution in [0.15, 0.2) is 47.1 Å². The maximum absolute atomic E-state index is 10.5. The molecular weight excluding hydrogens is 260 g/mol. The Morgan fingerprint density at radius 2 is 2.10 bits per heavy atom. The average Bonchev–Trinajstić information content (AvgIpc) is 2.98. The van der Waals surface area contributed by atoms with E-state index in [-0.39, 0.29) is 11.7 Å². The second kappa shape index (κ2) is 6.72. The van der Waals surface area contributed by atoms with Gasteiger partial charge in [0.05, 0.1) is 17.2 Å². The zero-order valence-electron chi connectivity index (χ0n) is 11.1. The molecule has 0 saturated heterocycles. The Morgan fingerprint density at radius 1 is 1.35 bits per heavy atom. The molecule has 6 nitrogen and oxygen atoms in total. The molecule has 2 aromatic rings. The van der Waals surface area contributed by atoms with Crippen molar-refractivity contribution < 1.29 is 14.1 Å². The highest BCUT2D eigenvalue weighted by molar-refractivity contribution is 5.35.